The molecule has 3 rings (SSSR count). The Morgan fingerprint density at radius 2 is 1.62 bits per heavy atom. The lowest BCUT2D eigenvalue weighted by Gasteiger charge is -2.34. The minimum Gasteiger partial charge on any atom is -0.338 e. The van der Waals surface area contributed by atoms with Gasteiger partial charge in [0.15, 0.2) is 0 Å². The SMILES string of the molecule is CN1CCC[C@@H]1[C@@H]1CCCN1C(=O)CCN1CCCCC1. The van der Waals surface area contributed by atoms with Crippen molar-refractivity contribution in [3.05, 3.63) is 0 Å². The van der Waals surface area contributed by atoms with Crippen molar-refractivity contribution in [2.24, 2.45) is 0 Å². The van der Waals surface area contributed by atoms with Crippen LogP contribution in [-0.2, 0) is 4.79 Å². The fourth-order valence-corrected chi connectivity index (χ4v) is 4.50. The van der Waals surface area contributed by atoms with E-state index in [9.17, 15) is 4.79 Å². The van der Waals surface area contributed by atoms with Crippen LogP contribution in [0.15, 0.2) is 0 Å². The Bertz CT molecular complexity index is 354. The first kappa shape index (κ1) is 15.3. The molecule has 0 bridgehead atoms. The zero-order chi connectivity index (χ0) is 14.7. The van der Waals surface area contributed by atoms with Gasteiger partial charge in [0.25, 0.3) is 0 Å². The van der Waals surface area contributed by atoms with E-state index < -0.39 is 0 Å². The topological polar surface area (TPSA) is 26.8 Å². The summed E-state index contributed by atoms with van der Waals surface area (Å²) in [6.07, 6.45) is 9.71. The van der Waals surface area contributed by atoms with Gasteiger partial charge in [-0.3, -0.25) is 4.79 Å². The molecule has 1 amide bonds. The molecule has 0 saturated carbocycles. The monoisotopic (exact) mass is 293 g/mol. The molecule has 0 spiro atoms. The van der Waals surface area contributed by atoms with E-state index in [1.165, 1.54) is 64.6 Å². The molecule has 0 unspecified atom stereocenters. The third kappa shape index (κ3) is 3.59. The molecular formula is C17H31N3O. The fourth-order valence-electron chi connectivity index (χ4n) is 4.50. The number of carbonyl (C=O) groups is 1. The molecule has 3 fully saturated rings. The summed E-state index contributed by atoms with van der Waals surface area (Å²) in [6.45, 7) is 5.57. The van der Waals surface area contributed by atoms with Crippen LogP contribution in [0.5, 0.6) is 0 Å². The quantitative estimate of drug-likeness (QED) is 0.792. The van der Waals surface area contributed by atoms with Crippen molar-refractivity contribution in [3.8, 4) is 0 Å². The summed E-state index contributed by atoms with van der Waals surface area (Å²) in [5.41, 5.74) is 0. The predicted molar refractivity (Wildman–Crippen MR) is 85.3 cm³/mol. The van der Waals surface area contributed by atoms with E-state index in [4.69, 9.17) is 0 Å². The van der Waals surface area contributed by atoms with Crippen molar-refractivity contribution in [2.45, 2.75) is 63.5 Å². The van der Waals surface area contributed by atoms with Crippen molar-refractivity contribution in [1.82, 2.24) is 14.7 Å². The highest BCUT2D eigenvalue weighted by Crippen LogP contribution is 2.29. The molecule has 2 atom stereocenters. The number of piperidine rings is 1. The minimum absolute atomic E-state index is 0.406. The average Bonchev–Trinajstić information content (AvgIpc) is 3.14. The molecule has 4 heteroatoms. The first-order valence-corrected chi connectivity index (χ1v) is 8.98. The van der Waals surface area contributed by atoms with Crippen LogP contribution < -0.4 is 0 Å². The Kier molecular flexibility index (Phi) is 5.17. The van der Waals surface area contributed by atoms with Crippen LogP contribution in [-0.4, -0.2) is 72.5 Å². The maximum atomic E-state index is 12.6. The van der Waals surface area contributed by atoms with Crippen molar-refractivity contribution < 1.29 is 4.79 Å². The third-order valence-corrected chi connectivity index (χ3v) is 5.73. The van der Waals surface area contributed by atoms with Gasteiger partial charge in [-0.15, -0.1) is 0 Å². The van der Waals surface area contributed by atoms with Gasteiger partial charge in [0.1, 0.15) is 0 Å². The van der Waals surface area contributed by atoms with Crippen LogP contribution >= 0.6 is 0 Å². The lowest BCUT2D eigenvalue weighted by Crippen LogP contribution is -2.47. The average molecular weight is 293 g/mol. The van der Waals surface area contributed by atoms with Gasteiger partial charge in [0, 0.05) is 31.6 Å². The van der Waals surface area contributed by atoms with E-state index in [0.717, 1.165) is 19.5 Å². The Balaban J connectivity index is 1.50. The highest BCUT2D eigenvalue weighted by molar-refractivity contribution is 5.77. The molecule has 0 aromatic heterocycles. The molecule has 3 heterocycles. The summed E-state index contributed by atoms with van der Waals surface area (Å²) in [4.78, 5) is 19.8. The smallest absolute Gasteiger partial charge is 0.224 e. The lowest BCUT2D eigenvalue weighted by atomic mass is 10.0. The summed E-state index contributed by atoms with van der Waals surface area (Å²) in [6, 6.07) is 1.11. The maximum absolute atomic E-state index is 12.6. The Hall–Kier alpha value is -0.610. The number of rotatable bonds is 4. The van der Waals surface area contributed by atoms with E-state index in [1.54, 1.807) is 0 Å². The van der Waals surface area contributed by atoms with Gasteiger partial charge in [0.05, 0.1) is 0 Å². The van der Waals surface area contributed by atoms with Crippen LogP contribution in [0.4, 0.5) is 0 Å². The summed E-state index contributed by atoms with van der Waals surface area (Å²) in [7, 11) is 2.23. The standard InChI is InChI=1S/C17H31N3O/c1-18-10-5-7-15(18)16-8-6-13-20(16)17(21)9-14-19-11-3-2-4-12-19/h15-16H,2-14H2,1H3/t15-,16+/m1/s1. The van der Waals surface area contributed by atoms with Gasteiger partial charge in [-0.05, 0) is 65.2 Å². The van der Waals surface area contributed by atoms with Crippen LogP contribution in [0.1, 0.15) is 51.4 Å². The van der Waals surface area contributed by atoms with Crippen LogP contribution in [0, 0.1) is 0 Å². The van der Waals surface area contributed by atoms with Crippen molar-refractivity contribution >= 4 is 5.91 Å². The van der Waals surface area contributed by atoms with Crippen molar-refractivity contribution in [2.75, 3.05) is 39.8 Å². The third-order valence-electron chi connectivity index (χ3n) is 5.73. The van der Waals surface area contributed by atoms with Gasteiger partial charge in [-0.2, -0.15) is 0 Å². The molecule has 3 aliphatic heterocycles. The van der Waals surface area contributed by atoms with Crippen LogP contribution in [0.25, 0.3) is 0 Å². The highest BCUT2D eigenvalue weighted by atomic mass is 16.2. The lowest BCUT2D eigenvalue weighted by molar-refractivity contribution is -0.133. The Morgan fingerprint density at radius 1 is 0.905 bits per heavy atom. The Labute approximate surface area is 129 Å². The summed E-state index contributed by atoms with van der Waals surface area (Å²) >= 11 is 0. The molecular weight excluding hydrogens is 262 g/mol. The molecule has 0 aromatic rings. The van der Waals surface area contributed by atoms with E-state index in [-0.39, 0.29) is 0 Å². The minimum atomic E-state index is 0.406. The molecule has 4 nitrogen and oxygen atoms in total. The normalized spacial score (nSPS) is 32.0. The molecule has 0 aliphatic carbocycles. The summed E-state index contributed by atoms with van der Waals surface area (Å²) in [5.74, 6) is 0.406. The fraction of sp³-hybridized carbons (Fsp3) is 0.941. The molecule has 3 saturated heterocycles. The maximum Gasteiger partial charge on any atom is 0.224 e. The zero-order valence-electron chi connectivity index (χ0n) is 13.6. The van der Waals surface area contributed by atoms with E-state index >= 15 is 0 Å². The van der Waals surface area contributed by atoms with Gasteiger partial charge in [0.2, 0.25) is 5.91 Å². The Morgan fingerprint density at radius 3 is 2.33 bits per heavy atom. The summed E-state index contributed by atoms with van der Waals surface area (Å²) in [5, 5.41) is 0. The zero-order valence-corrected chi connectivity index (χ0v) is 13.6. The molecule has 0 radical (unpaired) electrons. The second-order valence-corrected chi connectivity index (χ2v) is 7.14. The highest BCUT2D eigenvalue weighted by Gasteiger charge is 2.38. The first-order chi connectivity index (χ1) is 10.3. The second-order valence-electron chi connectivity index (χ2n) is 7.14. The van der Waals surface area contributed by atoms with Gasteiger partial charge >= 0.3 is 0 Å². The van der Waals surface area contributed by atoms with Crippen molar-refractivity contribution in [1.29, 1.82) is 0 Å². The van der Waals surface area contributed by atoms with Gasteiger partial charge in [-0.25, -0.2) is 0 Å². The first-order valence-electron chi connectivity index (χ1n) is 8.98. The van der Waals surface area contributed by atoms with Gasteiger partial charge < -0.3 is 14.7 Å². The van der Waals surface area contributed by atoms with Gasteiger partial charge in [-0.1, -0.05) is 6.42 Å². The van der Waals surface area contributed by atoms with E-state index in [1.807, 2.05) is 0 Å². The number of hydrogen-bond donors (Lipinski definition) is 0. The van der Waals surface area contributed by atoms with E-state index in [0.29, 0.717) is 18.0 Å². The second kappa shape index (κ2) is 7.10. The van der Waals surface area contributed by atoms with Crippen LogP contribution in [0.2, 0.25) is 0 Å². The van der Waals surface area contributed by atoms with E-state index in [2.05, 4.69) is 21.7 Å². The number of likely N-dealkylation sites (N-methyl/N-ethyl adjacent to an activating group) is 1. The molecule has 0 N–H and O–H groups in total. The summed E-state index contributed by atoms with van der Waals surface area (Å²) < 4.78 is 0. The molecule has 3 aliphatic rings. The molecule has 21 heavy (non-hydrogen) atoms. The number of amides is 1. The van der Waals surface area contributed by atoms with Crippen LogP contribution in [0.3, 0.4) is 0 Å². The number of hydrogen-bond acceptors (Lipinski definition) is 3. The number of nitrogens with zero attached hydrogens (tertiary/aromatic N) is 3. The van der Waals surface area contributed by atoms with Crippen molar-refractivity contribution in [3.63, 3.8) is 0 Å². The number of likely N-dealkylation sites (tertiary alicyclic amines) is 3. The molecule has 120 valence electrons. The molecule has 0 aromatic carbocycles. The predicted octanol–water partition coefficient (Wildman–Crippen LogP) is 1.95. The largest absolute Gasteiger partial charge is 0.338 e. The number of carbonyl (C=O) groups excluding carboxylic acids is 1.